The van der Waals surface area contributed by atoms with Crippen molar-refractivity contribution in [1.29, 1.82) is 0 Å². The van der Waals surface area contributed by atoms with Crippen LogP contribution in [0, 0.1) is 0 Å². The van der Waals surface area contributed by atoms with Crippen LogP contribution in [0.1, 0.15) is 51.2 Å². The van der Waals surface area contributed by atoms with E-state index >= 15 is 0 Å². The normalized spacial score (nSPS) is 21.5. The molecule has 28 heavy (non-hydrogen) atoms. The highest BCUT2D eigenvalue weighted by atomic mass is 16.6. The van der Waals surface area contributed by atoms with Crippen LogP contribution in [0.3, 0.4) is 0 Å². The lowest BCUT2D eigenvalue weighted by atomic mass is 9.98. The predicted molar refractivity (Wildman–Crippen MR) is 110 cm³/mol. The topological polar surface area (TPSA) is 38.8 Å². The second kappa shape index (κ2) is 7.25. The molecule has 4 heteroatoms. The van der Waals surface area contributed by atoms with E-state index in [1.807, 2.05) is 25.7 Å². The standard InChI is InChI=1S/C24H29NO3/c1-16-13-17(28-24(2,3)4)14-25(16)23(26)27-15-22-20-11-7-5-9-18(20)19-10-6-8-12-21(19)22/h5-12,16-17,22H,13-15H2,1-4H3. The summed E-state index contributed by atoms with van der Waals surface area (Å²) in [6.45, 7) is 9.17. The fourth-order valence-corrected chi connectivity index (χ4v) is 4.50. The molecule has 148 valence electrons. The van der Waals surface area contributed by atoms with E-state index in [1.54, 1.807) is 0 Å². The van der Waals surface area contributed by atoms with Crippen molar-refractivity contribution in [2.75, 3.05) is 13.2 Å². The zero-order valence-corrected chi connectivity index (χ0v) is 17.1. The number of amides is 1. The summed E-state index contributed by atoms with van der Waals surface area (Å²) in [5, 5.41) is 0. The average Bonchev–Trinajstić information content (AvgIpc) is 3.16. The highest BCUT2D eigenvalue weighted by Gasteiger charge is 2.37. The third kappa shape index (κ3) is 3.66. The molecule has 4 nitrogen and oxygen atoms in total. The Bertz CT molecular complexity index is 825. The van der Waals surface area contributed by atoms with Crippen molar-refractivity contribution in [1.82, 2.24) is 4.90 Å². The molecule has 2 unspecified atom stereocenters. The van der Waals surface area contributed by atoms with Crippen molar-refractivity contribution in [2.24, 2.45) is 0 Å². The van der Waals surface area contributed by atoms with Crippen LogP contribution in [-0.2, 0) is 9.47 Å². The van der Waals surface area contributed by atoms with Gasteiger partial charge in [-0.2, -0.15) is 0 Å². The molecule has 1 amide bonds. The predicted octanol–water partition coefficient (Wildman–Crippen LogP) is 5.21. The van der Waals surface area contributed by atoms with Gasteiger partial charge in [0, 0.05) is 12.0 Å². The molecule has 0 spiro atoms. The Morgan fingerprint density at radius 3 is 2.18 bits per heavy atom. The highest BCUT2D eigenvalue weighted by Crippen LogP contribution is 2.44. The lowest BCUT2D eigenvalue weighted by Crippen LogP contribution is -2.36. The van der Waals surface area contributed by atoms with Crippen LogP contribution in [0.15, 0.2) is 48.5 Å². The van der Waals surface area contributed by atoms with Crippen molar-refractivity contribution >= 4 is 6.09 Å². The third-order valence-electron chi connectivity index (χ3n) is 5.63. The van der Waals surface area contributed by atoms with E-state index in [0.717, 1.165) is 6.42 Å². The van der Waals surface area contributed by atoms with E-state index in [9.17, 15) is 4.79 Å². The van der Waals surface area contributed by atoms with Crippen LogP contribution in [0.4, 0.5) is 4.79 Å². The maximum absolute atomic E-state index is 12.8. The van der Waals surface area contributed by atoms with Gasteiger partial charge in [0.05, 0.1) is 18.2 Å². The first-order valence-corrected chi connectivity index (χ1v) is 10.1. The largest absolute Gasteiger partial charge is 0.448 e. The van der Waals surface area contributed by atoms with Gasteiger partial charge in [-0.25, -0.2) is 4.79 Å². The summed E-state index contributed by atoms with van der Waals surface area (Å²) < 4.78 is 11.9. The molecule has 1 heterocycles. The van der Waals surface area contributed by atoms with E-state index < -0.39 is 0 Å². The van der Waals surface area contributed by atoms with Gasteiger partial charge in [0.1, 0.15) is 6.61 Å². The van der Waals surface area contributed by atoms with Crippen molar-refractivity contribution < 1.29 is 14.3 Å². The summed E-state index contributed by atoms with van der Waals surface area (Å²) in [6, 6.07) is 16.9. The van der Waals surface area contributed by atoms with Gasteiger partial charge >= 0.3 is 6.09 Å². The Morgan fingerprint density at radius 2 is 1.61 bits per heavy atom. The highest BCUT2D eigenvalue weighted by molar-refractivity contribution is 5.79. The van der Waals surface area contributed by atoms with Crippen LogP contribution >= 0.6 is 0 Å². The fraction of sp³-hybridized carbons (Fsp3) is 0.458. The first kappa shape index (κ1) is 19.0. The number of nitrogens with zero attached hydrogens (tertiary/aromatic N) is 1. The van der Waals surface area contributed by atoms with Gasteiger partial charge in [0.15, 0.2) is 0 Å². The molecule has 0 saturated carbocycles. The zero-order chi connectivity index (χ0) is 19.9. The molecule has 2 atom stereocenters. The van der Waals surface area contributed by atoms with Crippen molar-refractivity contribution in [3.05, 3.63) is 59.7 Å². The van der Waals surface area contributed by atoms with Gasteiger partial charge in [-0.05, 0) is 56.4 Å². The molecular weight excluding hydrogens is 350 g/mol. The number of carbonyl (C=O) groups is 1. The van der Waals surface area contributed by atoms with E-state index in [1.165, 1.54) is 22.3 Å². The Balaban J connectivity index is 1.44. The minimum absolute atomic E-state index is 0.0653. The number of likely N-dealkylation sites (tertiary alicyclic amines) is 1. The molecule has 0 radical (unpaired) electrons. The van der Waals surface area contributed by atoms with Gasteiger partial charge in [0.25, 0.3) is 0 Å². The number of rotatable bonds is 3. The maximum Gasteiger partial charge on any atom is 0.410 e. The summed E-state index contributed by atoms with van der Waals surface area (Å²) in [5.41, 5.74) is 4.75. The molecule has 4 rings (SSSR count). The Kier molecular flexibility index (Phi) is 4.92. The average molecular weight is 380 g/mol. The molecule has 1 aliphatic carbocycles. The van der Waals surface area contributed by atoms with E-state index in [-0.39, 0.29) is 29.8 Å². The first-order valence-electron chi connectivity index (χ1n) is 10.1. The summed E-state index contributed by atoms with van der Waals surface area (Å²) >= 11 is 0. The molecule has 2 aromatic carbocycles. The number of benzene rings is 2. The van der Waals surface area contributed by atoms with Gasteiger partial charge in [0.2, 0.25) is 0 Å². The number of ether oxygens (including phenoxy) is 2. The van der Waals surface area contributed by atoms with Crippen LogP contribution in [0.2, 0.25) is 0 Å². The number of hydrogen-bond donors (Lipinski definition) is 0. The summed E-state index contributed by atoms with van der Waals surface area (Å²) in [6.07, 6.45) is 0.673. The second-order valence-corrected chi connectivity index (χ2v) is 8.89. The van der Waals surface area contributed by atoms with E-state index in [2.05, 4.69) is 55.5 Å². The van der Waals surface area contributed by atoms with Crippen molar-refractivity contribution in [3.63, 3.8) is 0 Å². The monoisotopic (exact) mass is 379 g/mol. The molecule has 2 aliphatic rings. The summed E-state index contributed by atoms with van der Waals surface area (Å²) in [4.78, 5) is 14.6. The molecule has 0 N–H and O–H groups in total. The van der Waals surface area contributed by atoms with Gasteiger partial charge in [-0.1, -0.05) is 48.5 Å². The smallest absolute Gasteiger partial charge is 0.410 e. The summed E-state index contributed by atoms with van der Waals surface area (Å²) in [5.74, 6) is 0.0934. The van der Waals surface area contributed by atoms with E-state index in [0.29, 0.717) is 13.2 Å². The molecule has 1 fully saturated rings. The fourth-order valence-electron chi connectivity index (χ4n) is 4.50. The number of carbonyl (C=O) groups excluding carboxylic acids is 1. The zero-order valence-electron chi connectivity index (χ0n) is 17.1. The molecule has 0 aromatic heterocycles. The molecule has 2 aromatic rings. The van der Waals surface area contributed by atoms with Crippen LogP contribution in [0.25, 0.3) is 11.1 Å². The van der Waals surface area contributed by atoms with Crippen molar-refractivity contribution in [3.8, 4) is 11.1 Å². The summed E-state index contributed by atoms with van der Waals surface area (Å²) in [7, 11) is 0. The third-order valence-corrected chi connectivity index (χ3v) is 5.63. The van der Waals surface area contributed by atoms with Gasteiger partial charge in [-0.15, -0.1) is 0 Å². The minimum Gasteiger partial charge on any atom is -0.448 e. The van der Waals surface area contributed by atoms with Crippen LogP contribution in [-0.4, -0.2) is 41.9 Å². The molecule has 1 saturated heterocycles. The first-order chi connectivity index (χ1) is 13.3. The maximum atomic E-state index is 12.8. The Hall–Kier alpha value is -2.33. The Labute approximate surface area is 167 Å². The lowest BCUT2D eigenvalue weighted by molar-refractivity contribution is -0.0538. The van der Waals surface area contributed by atoms with Gasteiger partial charge in [-0.3, -0.25) is 0 Å². The SMILES string of the molecule is CC1CC(OC(C)(C)C)CN1C(=O)OCC1c2ccccc2-c2ccccc21. The molecule has 1 aliphatic heterocycles. The second-order valence-electron chi connectivity index (χ2n) is 8.89. The molecule has 0 bridgehead atoms. The van der Waals surface area contributed by atoms with Gasteiger partial charge < -0.3 is 14.4 Å². The van der Waals surface area contributed by atoms with Crippen LogP contribution < -0.4 is 0 Å². The van der Waals surface area contributed by atoms with Crippen LogP contribution in [0.5, 0.6) is 0 Å². The Morgan fingerprint density at radius 1 is 1.04 bits per heavy atom. The molecular formula is C24H29NO3. The van der Waals surface area contributed by atoms with Crippen molar-refractivity contribution in [2.45, 2.75) is 57.8 Å². The minimum atomic E-state index is -0.241. The number of hydrogen-bond acceptors (Lipinski definition) is 3. The quantitative estimate of drug-likeness (QED) is 0.734. The number of fused-ring (bicyclic) bond motifs is 3. The van der Waals surface area contributed by atoms with E-state index in [4.69, 9.17) is 9.47 Å². The lowest BCUT2D eigenvalue weighted by Gasteiger charge is -2.25.